The van der Waals surface area contributed by atoms with Gasteiger partial charge in [0.15, 0.2) is 0 Å². The molecule has 0 fully saturated rings. The fraction of sp³-hybridized carbons (Fsp3) is 0.0455. The van der Waals surface area contributed by atoms with E-state index in [2.05, 4.69) is 159 Å². The molecule has 0 atom stereocenters. The molecule has 0 radical (unpaired) electrons. The fourth-order valence-electron chi connectivity index (χ4n) is 6.52. The molecule has 0 N–H and O–H groups in total. The Morgan fingerprint density at radius 3 is 1.16 bits per heavy atom. The largest absolute Gasteiger partial charge is 0.0990 e. The SMILES string of the molecule is C=C/C=C(\C=C)c1c2ccccc2c(-c2ccccc2)c2c(-c3ccccc3)c3ccccc3c(-c3ccccc3)c12.CC. The van der Waals surface area contributed by atoms with E-state index in [1.165, 1.54) is 71.3 Å². The molecule has 0 bridgehead atoms. The van der Waals surface area contributed by atoms with E-state index in [1.54, 1.807) is 0 Å². The topological polar surface area (TPSA) is 0 Å². The highest BCUT2D eigenvalue weighted by atomic mass is 14.3. The minimum atomic E-state index is 1.05. The summed E-state index contributed by atoms with van der Waals surface area (Å²) in [4.78, 5) is 0. The van der Waals surface area contributed by atoms with Crippen molar-refractivity contribution in [3.05, 3.63) is 176 Å². The van der Waals surface area contributed by atoms with E-state index in [-0.39, 0.29) is 0 Å². The van der Waals surface area contributed by atoms with Gasteiger partial charge < -0.3 is 0 Å². The van der Waals surface area contributed by atoms with E-state index in [9.17, 15) is 0 Å². The van der Waals surface area contributed by atoms with Crippen molar-refractivity contribution in [1.82, 2.24) is 0 Å². The molecule has 0 spiro atoms. The van der Waals surface area contributed by atoms with Gasteiger partial charge in [-0.25, -0.2) is 0 Å². The lowest BCUT2D eigenvalue weighted by Crippen LogP contribution is -1.99. The van der Waals surface area contributed by atoms with Crippen molar-refractivity contribution in [3.63, 3.8) is 0 Å². The van der Waals surface area contributed by atoms with Gasteiger partial charge in [0, 0.05) is 0 Å². The summed E-state index contributed by atoms with van der Waals surface area (Å²) < 4.78 is 0. The summed E-state index contributed by atoms with van der Waals surface area (Å²) in [6.07, 6.45) is 5.92. The first kappa shape index (κ1) is 28.6. The van der Waals surface area contributed by atoms with Gasteiger partial charge in [0.25, 0.3) is 0 Å². The zero-order valence-corrected chi connectivity index (χ0v) is 25.4. The molecule has 7 aromatic carbocycles. The van der Waals surface area contributed by atoms with Crippen LogP contribution in [0.25, 0.3) is 71.3 Å². The molecule has 0 saturated heterocycles. The normalized spacial score (nSPS) is 11.3. The average Bonchev–Trinajstić information content (AvgIpc) is 3.10. The van der Waals surface area contributed by atoms with Gasteiger partial charge in [-0.2, -0.15) is 0 Å². The van der Waals surface area contributed by atoms with Gasteiger partial charge in [-0.15, -0.1) is 0 Å². The average molecular weight is 565 g/mol. The van der Waals surface area contributed by atoms with Crippen molar-refractivity contribution < 1.29 is 0 Å². The number of hydrogen-bond donors (Lipinski definition) is 0. The molecule has 0 aliphatic rings. The molecule has 0 aliphatic heterocycles. The lowest BCUT2D eigenvalue weighted by molar-refractivity contribution is 1.50. The van der Waals surface area contributed by atoms with Gasteiger partial charge in [-0.1, -0.05) is 185 Å². The Balaban J connectivity index is 0.00000168. The molecule has 0 unspecified atom stereocenters. The Bertz CT molecular complexity index is 2080. The smallest absolute Gasteiger partial charge is 0.000139 e. The highest BCUT2D eigenvalue weighted by molar-refractivity contribution is 6.32. The highest BCUT2D eigenvalue weighted by Gasteiger charge is 2.25. The number of rotatable bonds is 6. The van der Waals surface area contributed by atoms with Crippen LogP contribution in [0.5, 0.6) is 0 Å². The number of benzene rings is 7. The molecule has 0 aliphatic carbocycles. The van der Waals surface area contributed by atoms with E-state index >= 15 is 0 Å². The van der Waals surface area contributed by atoms with Crippen LogP contribution < -0.4 is 0 Å². The summed E-state index contributed by atoms with van der Waals surface area (Å²) in [5.74, 6) is 0. The monoisotopic (exact) mass is 564 g/mol. The van der Waals surface area contributed by atoms with Crippen molar-refractivity contribution in [2.45, 2.75) is 13.8 Å². The second-order valence-electron chi connectivity index (χ2n) is 10.5. The zero-order chi connectivity index (χ0) is 30.5. The minimum absolute atomic E-state index is 1.05. The molecule has 0 heterocycles. The molecule has 44 heavy (non-hydrogen) atoms. The van der Waals surface area contributed by atoms with Crippen LogP contribution in [0, 0.1) is 0 Å². The summed E-state index contributed by atoms with van der Waals surface area (Å²) >= 11 is 0. The molecular weight excluding hydrogens is 528 g/mol. The fourth-order valence-corrected chi connectivity index (χ4v) is 6.52. The molecule has 0 heteroatoms. The van der Waals surface area contributed by atoms with Gasteiger partial charge in [0.1, 0.15) is 0 Å². The van der Waals surface area contributed by atoms with Crippen LogP contribution in [0.2, 0.25) is 0 Å². The predicted octanol–water partition coefficient (Wildman–Crippen LogP) is 12.9. The van der Waals surface area contributed by atoms with Crippen molar-refractivity contribution in [3.8, 4) is 33.4 Å². The van der Waals surface area contributed by atoms with Crippen molar-refractivity contribution in [1.29, 1.82) is 0 Å². The summed E-state index contributed by atoms with van der Waals surface area (Å²) in [5, 5.41) is 7.35. The van der Waals surface area contributed by atoms with Crippen molar-refractivity contribution in [2.24, 2.45) is 0 Å². The lowest BCUT2D eigenvalue weighted by Gasteiger charge is -2.25. The van der Waals surface area contributed by atoms with E-state index in [0.29, 0.717) is 0 Å². The standard InChI is InChI=1S/C42H30.C2H6/c1-3-18-29(4-2)37-33-25-14-15-26-34(33)39(31-21-10-6-11-22-31)42-40(32-23-12-7-13-24-32)36-28-17-16-27-35(36)38(41(37)42)30-19-8-5-9-20-30;1-2/h3-28H,1-2H2;1-2H3/b29-18+;. The zero-order valence-electron chi connectivity index (χ0n) is 25.4. The Labute approximate surface area is 261 Å². The van der Waals surface area contributed by atoms with Crippen LogP contribution in [0.3, 0.4) is 0 Å². The van der Waals surface area contributed by atoms with Crippen molar-refractivity contribution >= 4 is 37.9 Å². The quantitative estimate of drug-likeness (QED) is 0.139. The molecule has 7 aromatic rings. The van der Waals surface area contributed by atoms with Crippen LogP contribution in [0.1, 0.15) is 19.4 Å². The summed E-state index contributed by atoms with van der Waals surface area (Å²) in [7, 11) is 0. The van der Waals surface area contributed by atoms with Gasteiger partial charge in [0.05, 0.1) is 0 Å². The number of allylic oxidation sites excluding steroid dienone is 4. The molecule has 0 aromatic heterocycles. The molecule has 0 saturated carbocycles. The summed E-state index contributed by atoms with van der Waals surface area (Å²) in [6.45, 7) is 12.4. The second kappa shape index (κ2) is 12.8. The van der Waals surface area contributed by atoms with Gasteiger partial charge in [0.2, 0.25) is 0 Å². The van der Waals surface area contributed by atoms with E-state index in [1.807, 2.05) is 26.0 Å². The van der Waals surface area contributed by atoms with Gasteiger partial charge in [-0.3, -0.25) is 0 Å². The number of fused-ring (bicyclic) bond motifs is 3. The third-order valence-electron chi connectivity index (χ3n) is 8.17. The van der Waals surface area contributed by atoms with E-state index in [4.69, 9.17) is 0 Å². The molecule has 0 nitrogen and oxygen atoms in total. The summed E-state index contributed by atoms with van der Waals surface area (Å²) in [6, 6.07) is 50.2. The Morgan fingerprint density at radius 2 is 0.773 bits per heavy atom. The minimum Gasteiger partial charge on any atom is -0.0990 e. The summed E-state index contributed by atoms with van der Waals surface area (Å²) in [5.41, 5.74) is 9.54. The first-order valence-corrected chi connectivity index (χ1v) is 15.4. The van der Waals surface area contributed by atoms with Crippen LogP contribution in [-0.4, -0.2) is 0 Å². The third-order valence-corrected chi connectivity index (χ3v) is 8.17. The Hall–Kier alpha value is -5.46. The Kier molecular flexibility index (Phi) is 8.34. The van der Waals surface area contributed by atoms with Crippen LogP contribution in [0.4, 0.5) is 0 Å². The third kappa shape index (κ3) is 4.85. The first-order valence-electron chi connectivity index (χ1n) is 15.4. The molecule has 0 amide bonds. The van der Waals surface area contributed by atoms with Crippen molar-refractivity contribution in [2.75, 3.05) is 0 Å². The first-order chi connectivity index (χ1) is 21.8. The van der Waals surface area contributed by atoms with Crippen LogP contribution >= 0.6 is 0 Å². The molecular formula is C44H36. The highest BCUT2D eigenvalue weighted by Crippen LogP contribution is 2.52. The second-order valence-corrected chi connectivity index (χ2v) is 10.5. The Morgan fingerprint density at radius 1 is 0.432 bits per heavy atom. The van der Waals surface area contributed by atoms with Gasteiger partial charge in [-0.05, 0) is 76.8 Å². The predicted molar refractivity (Wildman–Crippen MR) is 195 cm³/mol. The van der Waals surface area contributed by atoms with Crippen LogP contribution in [-0.2, 0) is 0 Å². The maximum atomic E-state index is 4.28. The van der Waals surface area contributed by atoms with E-state index in [0.717, 1.165) is 5.57 Å². The molecule has 212 valence electrons. The van der Waals surface area contributed by atoms with E-state index < -0.39 is 0 Å². The maximum absolute atomic E-state index is 4.28. The lowest BCUT2D eigenvalue weighted by atomic mass is 9.77. The van der Waals surface area contributed by atoms with Crippen LogP contribution in [0.15, 0.2) is 171 Å². The number of hydrogen-bond acceptors (Lipinski definition) is 0. The maximum Gasteiger partial charge on any atom is -0.000139 e. The van der Waals surface area contributed by atoms with Gasteiger partial charge >= 0.3 is 0 Å². The molecule has 7 rings (SSSR count).